The molecule has 8 nitrogen and oxygen atoms in total. The summed E-state index contributed by atoms with van der Waals surface area (Å²) in [5, 5.41) is 6.84. The molecule has 2 aromatic carbocycles. The Morgan fingerprint density at radius 2 is 1.74 bits per heavy atom. The van der Waals surface area contributed by atoms with E-state index in [9.17, 15) is 4.79 Å². The van der Waals surface area contributed by atoms with Gasteiger partial charge in [0.25, 0.3) is 0 Å². The van der Waals surface area contributed by atoms with Gasteiger partial charge in [-0.1, -0.05) is 12.1 Å². The summed E-state index contributed by atoms with van der Waals surface area (Å²) >= 11 is 0. The van der Waals surface area contributed by atoms with E-state index in [-0.39, 0.29) is 0 Å². The summed E-state index contributed by atoms with van der Waals surface area (Å²) < 4.78 is 10.5. The number of methoxy groups -OCH3 is 1. The van der Waals surface area contributed by atoms with Gasteiger partial charge in [0, 0.05) is 31.2 Å². The van der Waals surface area contributed by atoms with Crippen molar-refractivity contribution in [1.29, 1.82) is 0 Å². The highest BCUT2D eigenvalue weighted by molar-refractivity contribution is 5.92. The summed E-state index contributed by atoms with van der Waals surface area (Å²) in [6.45, 7) is 6.33. The number of nitrogens with one attached hydrogen (secondary N) is 2. The first-order valence-electron chi connectivity index (χ1n) is 10.1. The molecular weight excluding hydrogens is 394 g/mol. The van der Waals surface area contributed by atoms with Gasteiger partial charge in [-0.15, -0.1) is 0 Å². The molecule has 0 bridgehead atoms. The molecule has 8 heteroatoms. The van der Waals surface area contributed by atoms with Gasteiger partial charge in [0.15, 0.2) is 0 Å². The summed E-state index contributed by atoms with van der Waals surface area (Å²) in [6, 6.07) is 15.6. The molecule has 3 rings (SSSR count). The topological polar surface area (TPSA) is 88.6 Å². The van der Waals surface area contributed by atoms with E-state index >= 15 is 0 Å². The van der Waals surface area contributed by atoms with Crippen LogP contribution in [0.15, 0.2) is 48.5 Å². The van der Waals surface area contributed by atoms with E-state index in [1.165, 1.54) is 0 Å². The summed E-state index contributed by atoms with van der Waals surface area (Å²) in [7, 11) is 3.61. The SMILES string of the molecule is COc1ccc(N(C)c2nc(NCCNC(=O)OC(C)(C)C)nc3ccccc23)cc1. The minimum absolute atomic E-state index is 0.384. The standard InChI is InChI=1S/C23H29N5O3/c1-23(2,3)31-22(29)25-15-14-24-21-26-19-9-7-6-8-18(19)20(27-21)28(4)16-10-12-17(30-5)13-11-16/h6-13H,14-15H2,1-5H3,(H,25,29)(H,24,26,27). The van der Waals surface area contributed by atoms with Crippen LogP contribution in [0.3, 0.4) is 0 Å². The Labute approximate surface area is 182 Å². The van der Waals surface area contributed by atoms with Crippen LogP contribution >= 0.6 is 0 Å². The largest absolute Gasteiger partial charge is 0.497 e. The number of carbonyl (C=O) groups is 1. The van der Waals surface area contributed by atoms with Crippen molar-refractivity contribution in [2.45, 2.75) is 26.4 Å². The predicted molar refractivity (Wildman–Crippen MR) is 123 cm³/mol. The number of amides is 1. The summed E-state index contributed by atoms with van der Waals surface area (Å²) in [4.78, 5) is 23.1. The summed E-state index contributed by atoms with van der Waals surface area (Å²) in [6.07, 6.45) is -0.450. The zero-order valence-electron chi connectivity index (χ0n) is 18.6. The molecule has 1 heterocycles. The number of carbonyl (C=O) groups excluding carboxylic acids is 1. The first-order valence-corrected chi connectivity index (χ1v) is 10.1. The van der Waals surface area contributed by atoms with Crippen LogP contribution < -0.4 is 20.3 Å². The van der Waals surface area contributed by atoms with Crippen molar-refractivity contribution >= 4 is 34.4 Å². The first kappa shape index (κ1) is 22.1. The fourth-order valence-electron chi connectivity index (χ4n) is 2.98. The molecule has 0 atom stereocenters. The minimum atomic E-state index is -0.528. The number of aromatic nitrogens is 2. The summed E-state index contributed by atoms with van der Waals surface area (Å²) in [5.74, 6) is 2.06. The maximum absolute atomic E-state index is 11.8. The van der Waals surface area contributed by atoms with E-state index in [4.69, 9.17) is 14.5 Å². The average Bonchev–Trinajstić information content (AvgIpc) is 2.74. The van der Waals surface area contributed by atoms with Crippen LogP contribution in [0.5, 0.6) is 5.75 Å². The van der Waals surface area contributed by atoms with Crippen LogP contribution in [0.4, 0.5) is 22.2 Å². The van der Waals surface area contributed by atoms with Crippen LogP contribution in [0.25, 0.3) is 10.9 Å². The fraction of sp³-hybridized carbons (Fsp3) is 0.348. The number of rotatable bonds is 7. The van der Waals surface area contributed by atoms with Crippen molar-refractivity contribution in [1.82, 2.24) is 15.3 Å². The molecule has 0 unspecified atom stereocenters. The van der Waals surface area contributed by atoms with E-state index in [0.29, 0.717) is 19.0 Å². The van der Waals surface area contributed by atoms with Gasteiger partial charge < -0.3 is 25.0 Å². The molecule has 0 saturated carbocycles. The van der Waals surface area contributed by atoms with Gasteiger partial charge in [-0.2, -0.15) is 4.98 Å². The molecule has 0 aliphatic carbocycles. The van der Waals surface area contributed by atoms with Gasteiger partial charge in [-0.3, -0.25) is 0 Å². The van der Waals surface area contributed by atoms with Gasteiger partial charge in [-0.25, -0.2) is 9.78 Å². The highest BCUT2D eigenvalue weighted by atomic mass is 16.6. The van der Waals surface area contributed by atoms with Crippen molar-refractivity contribution < 1.29 is 14.3 Å². The fourth-order valence-corrected chi connectivity index (χ4v) is 2.98. The Morgan fingerprint density at radius 3 is 2.42 bits per heavy atom. The minimum Gasteiger partial charge on any atom is -0.497 e. The molecular formula is C23H29N5O3. The molecule has 0 aliphatic heterocycles. The quantitative estimate of drug-likeness (QED) is 0.546. The van der Waals surface area contributed by atoms with Crippen LogP contribution in [-0.2, 0) is 4.74 Å². The molecule has 0 aliphatic rings. The Morgan fingerprint density at radius 1 is 1.03 bits per heavy atom. The second kappa shape index (κ2) is 9.51. The number of alkyl carbamates (subject to hydrolysis) is 1. The zero-order valence-corrected chi connectivity index (χ0v) is 18.6. The maximum Gasteiger partial charge on any atom is 0.407 e. The lowest BCUT2D eigenvalue weighted by Gasteiger charge is -2.21. The number of para-hydroxylation sites is 1. The zero-order chi connectivity index (χ0) is 22.4. The number of ether oxygens (including phenoxy) is 2. The number of hydrogen-bond acceptors (Lipinski definition) is 7. The molecule has 0 radical (unpaired) electrons. The van der Waals surface area contributed by atoms with Gasteiger partial charge in [0.05, 0.1) is 12.6 Å². The Bertz CT molecular complexity index is 1030. The molecule has 3 aromatic rings. The predicted octanol–water partition coefficient (Wildman–Crippen LogP) is 4.34. The molecule has 0 fully saturated rings. The molecule has 31 heavy (non-hydrogen) atoms. The van der Waals surface area contributed by atoms with Crippen LogP contribution in [0.2, 0.25) is 0 Å². The Balaban J connectivity index is 1.75. The third-order valence-corrected chi connectivity index (χ3v) is 4.44. The van der Waals surface area contributed by atoms with E-state index < -0.39 is 11.7 Å². The van der Waals surface area contributed by atoms with Crippen LogP contribution in [0.1, 0.15) is 20.8 Å². The lowest BCUT2D eigenvalue weighted by molar-refractivity contribution is 0.0530. The van der Waals surface area contributed by atoms with Gasteiger partial charge in [-0.05, 0) is 57.2 Å². The lowest BCUT2D eigenvalue weighted by atomic mass is 10.2. The van der Waals surface area contributed by atoms with Crippen LogP contribution in [0, 0.1) is 0 Å². The number of hydrogen-bond donors (Lipinski definition) is 2. The number of fused-ring (bicyclic) bond motifs is 1. The maximum atomic E-state index is 11.8. The van der Waals surface area contributed by atoms with Gasteiger partial charge in [0.2, 0.25) is 5.95 Å². The van der Waals surface area contributed by atoms with E-state index in [2.05, 4.69) is 15.6 Å². The van der Waals surface area contributed by atoms with Gasteiger partial charge >= 0.3 is 6.09 Å². The Kier molecular flexibility index (Phi) is 6.79. The highest BCUT2D eigenvalue weighted by Gasteiger charge is 2.16. The second-order valence-corrected chi connectivity index (χ2v) is 8.00. The van der Waals surface area contributed by atoms with Crippen molar-refractivity contribution in [2.75, 3.05) is 37.5 Å². The summed E-state index contributed by atoms with van der Waals surface area (Å²) in [5.41, 5.74) is 1.28. The molecule has 1 aromatic heterocycles. The number of anilines is 3. The first-order chi connectivity index (χ1) is 14.8. The average molecular weight is 424 g/mol. The second-order valence-electron chi connectivity index (χ2n) is 8.00. The molecule has 2 N–H and O–H groups in total. The van der Waals surface area contributed by atoms with E-state index in [0.717, 1.165) is 28.2 Å². The van der Waals surface area contributed by atoms with Crippen molar-refractivity contribution in [2.24, 2.45) is 0 Å². The molecule has 1 amide bonds. The molecule has 0 saturated heterocycles. The monoisotopic (exact) mass is 423 g/mol. The lowest BCUT2D eigenvalue weighted by Crippen LogP contribution is -2.35. The Hall–Kier alpha value is -3.55. The third kappa shape index (κ3) is 5.97. The molecule has 0 spiro atoms. The van der Waals surface area contributed by atoms with Crippen molar-refractivity contribution in [3.8, 4) is 5.75 Å². The van der Waals surface area contributed by atoms with Crippen molar-refractivity contribution in [3.05, 3.63) is 48.5 Å². The van der Waals surface area contributed by atoms with Gasteiger partial charge in [0.1, 0.15) is 17.2 Å². The molecule has 164 valence electrons. The normalized spacial score (nSPS) is 11.1. The van der Waals surface area contributed by atoms with Crippen LogP contribution in [-0.4, -0.2) is 48.9 Å². The smallest absolute Gasteiger partial charge is 0.407 e. The number of benzene rings is 2. The van der Waals surface area contributed by atoms with E-state index in [1.807, 2.05) is 81.2 Å². The highest BCUT2D eigenvalue weighted by Crippen LogP contribution is 2.30. The van der Waals surface area contributed by atoms with E-state index in [1.54, 1.807) is 7.11 Å². The number of nitrogens with zero attached hydrogens (tertiary/aromatic N) is 3. The van der Waals surface area contributed by atoms with Crippen molar-refractivity contribution in [3.63, 3.8) is 0 Å². The third-order valence-electron chi connectivity index (χ3n) is 4.44.